The van der Waals surface area contributed by atoms with Gasteiger partial charge in [-0.1, -0.05) is 0 Å². The first-order valence-electron chi connectivity index (χ1n) is 5.99. The lowest BCUT2D eigenvalue weighted by Crippen LogP contribution is -2.08. The number of carbonyl (C=O) groups excluding carboxylic acids is 1. The molecule has 4 heteroatoms. The number of benzene rings is 1. The van der Waals surface area contributed by atoms with Crippen molar-refractivity contribution >= 4 is 22.6 Å². The van der Waals surface area contributed by atoms with E-state index in [1.165, 1.54) is 17.9 Å². The maximum Gasteiger partial charge on any atom is 0.308 e. The van der Waals surface area contributed by atoms with Crippen LogP contribution in [0.2, 0.25) is 0 Å². The third kappa shape index (κ3) is 1.70. The number of aromatic amines is 1. The number of fused-ring (bicyclic) bond motifs is 3. The Morgan fingerprint density at radius 1 is 1.44 bits per heavy atom. The number of nitrogens with zero attached hydrogens (tertiary/aromatic N) is 1. The summed E-state index contributed by atoms with van der Waals surface area (Å²) >= 11 is 0. The normalized spacial score (nSPS) is 14.2. The fourth-order valence-electron chi connectivity index (χ4n) is 2.45. The Labute approximate surface area is 105 Å². The topological polar surface area (TPSA) is 54.5 Å². The molecule has 1 aromatic carbocycles. The SMILES string of the molecule is CC(=O)Oc1ccc2c3c([nH]c2c1)C(C)=NCC3. The number of esters is 1. The highest BCUT2D eigenvalue weighted by atomic mass is 16.5. The lowest BCUT2D eigenvalue weighted by molar-refractivity contribution is -0.131. The van der Waals surface area contributed by atoms with Gasteiger partial charge < -0.3 is 9.72 Å². The van der Waals surface area contributed by atoms with Gasteiger partial charge in [-0.15, -0.1) is 0 Å². The van der Waals surface area contributed by atoms with E-state index in [2.05, 4.69) is 9.98 Å². The molecule has 0 saturated heterocycles. The molecule has 0 atom stereocenters. The summed E-state index contributed by atoms with van der Waals surface area (Å²) in [5.41, 5.74) is 4.46. The highest BCUT2D eigenvalue weighted by Crippen LogP contribution is 2.28. The van der Waals surface area contributed by atoms with Gasteiger partial charge in [0.05, 0.1) is 11.4 Å². The summed E-state index contributed by atoms with van der Waals surface area (Å²) in [6.07, 6.45) is 0.958. The first-order valence-corrected chi connectivity index (χ1v) is 5.99. The first-order chi connectivity index (χ1) is 8.65. The lowest BCUT2D eigenvalue weighted by atomic mass is 10.0. The van der Waals surface area contributed by atoms with Crippen molar-refractivity contribution in [3.8, 4) is 5.75 Å². The molecule has 0 aliphatic carbocycles. The Balaban J connectivity index is 2.14. The fraction of sp³-hybridized carbons (Fsp3) is 0.286. The van der Waals surface area contributed by atoms with E-state index in [1.807, 2.05) is 25.1 Å². The van der Waals surface area contributed by atoms with Crippen LogP contribution in [0.3, 0.4) is 0 Å². The number of H-pyrrole nitrogens is 1. The Morgan fingerprint density at radius 2 is 2.28 bits per heavy atom. The molecule has 4 nitrogen and oxygen atoms in total. The van der Waals surface area contributed by atoms with Crippen LogP contribution >= 0.6 is 0 Å². The second-order valence-corrected chi connectivity index (χ2v) is 4.50. The van der Waals surface area contributed by atoms with Crippen LogP contribution in [0, 0.1) is 0 Å². The number of hydrogen-bond donors (Lipinski definition) is 1. The molecule has 92 valence electrons. The van der Waals surface area contributed by atoms with Crippen LogP contribution in [0.15, 0.2) is 23.2 Å². The summed E-state index contributed by atoms with van der Waals surface area (Å²) in [5, 5.41) is 1.19. The molecule has 18 heavy (non-hydrogen) atoms. The van der Waals surface area contributed by atoms with E-state index in [0.29, 0.717) is 5.75 Å². The molecule has 3 rings (SSSR count). The van der Waals surface area contributed by atoms with E-state index in [-0.39, 0.29) is 5.97 Å². The van der Waals surface area contributed by atoms with E-state index < -0.39 is 0 Å². The summed E-state index contributed by atoms with van der Waals surface area (Å²) in [5.74, 6) is 0.270. The van der Waals surface area contributed by atoms with Gasteiger partial charge in [0.15, 0.2) is 0 Å². The molecule has 0 radical (unpaired) electrons. The lowest BCUT2D eigenvalue weighted by Gasteiger charge is -2.09. The number of aliphatic imine (C=N–C) groups is 1. The second kappa shape index (κ2) is 3.98. The third-order valence-electron chi connectivity index (χ3n) is 3.21. The maximum absolute atomic E-state index is 10.9. The Kier molecular flexibility index (Phi) is 2.44. The largest absolute Gasteiger partial charge is 0.427 e. The van der Waals surface area contributed by atoms with E-state index in [9.17, 15) is 4.79 Å². The number of ether oxygens (including phenoxy) is 1. The predicted octanol–water partition coefficient (Wildman–Crippen LogP) is 2.46. The number of hydrogen-bond acceptors (Lipinski definition) is 3. The van der Waals surface area contributed by atoms with Crippen LogP contribution in [-0.2, 0) is 11.2 Å². The number of nitrogens with one attached hydrogen (secondary N) is 1. The standard InChI is InChI=1S/C14H14N2O2/c1-8-14-12(5-6-15-8)11-4-3-10(18-9(2)17)7-13(11)16-14/h3-4,7,16H,5-6H2,1-2H3. The van der Waals surface area contributed by atoms with Gasteiger partial charge in [0.25, 0.3) is 0 Å². The summed E-state index contributed by atoms with van der Waals surface area (Å²) < 4.78 is 5.09. The molecule has 0 spiro atoms. The summed E-state index contributed by atoms with van der Waals surface area (Å²) in [6.45, 7) is 4.26. The first kappa shape index (κ1) is 11.0. The van der Waals surface area contributed by atoms with Crippen LogP contribution in [0.1, 0.15) is 25.1 Å². The molecular weight excluding hydrogens is 228 g/mol. The molecule has 0 unspecified atom stereocenters. The average molecular weight is 242 g/mol. The molecule has 2 heterocycles. The Morgan fingerprint density at radius 3 is 3.06 bits per heavy atom. The Bertz CT molecular complexity index is 668. The molecule has 1 aliphatic rings. The zero-order valence-corrected chi connectivity index (χ0v) is 10.4. The highest BCUT2D eigenvalue weighted by Gasteiger charge is 2.17. The Hall–Kier alpha value is -2.10. The zero-order chi connectivity index (χ0) is 12.7. The quantitative estimate of drug-likeness (QED) is 0.617. The van der Waals surface area contributed by atoms with Crippen molar-refractivity contribution in [1.82, 2.24) is 4.98 Å². The van der Waals surface area contributed by atoms with E-state index in [0.717, 1.165) is 29.9 Å². The van der Waals surface area contributed by atoms with Gasteiger partial charge in [-0.3, -0.25) is 9.79 Å². The van der Waals surface area contributed by atoms with Crippen LogP contribution < -0.4 is 4.74 Å². The molecule has 2 aromatic rings. The van der Waals surface area contributed by atoms with Crippen molar-refractivity contribution in [3.63, 3.8) is 0 Å². The fourth-order valence-corrected chi connectivity index (χ4v) is 2.45. The smallest absolute Gasteiger partial charge is 0.308 e. The van der Waals surface area contributed by atoms with E-state index >= 15 is 0 Å². The minimum Gasteiger partial charge on any atom is -0.427 e. The molecule has 1 aromatic heterocycles. The summed E-state index contributed by atoms with van der Waals surface area (Å²) in [4.78, 5) is 18.7. The van der Waals surface area contributed by atoms with Gasteiger partial charge >= 0.3 is 5.97 Å². The zero-order valence-electron chi connectivity index (χ0n) is 10.4. The molecule has 0 amide bonds. The second-order valence-electron chi connectivity index (χ2n) is 4.50. The summed E-state index contributed by atoms with van der Waals surface area (Å²) in [6, 6.07) is 5.70. The molecule has 1 aliphatic heterocycles. The molecule has 0 fully saturated rings. The molecule has 1 N–H and O–H groups in total. The van der Waals surface area contributed by atoms with Crippen molar-refractivity contribution in [2.45, 2.75) is 20.3 Å². The van der Waals surface area contributed by atoms with Crippen LogP contribution in [0.25, 0.3) is 10.9 Å². The predicted molar refractivity (Wildman–Crippen MR) is 70.4 cm³/mol. The van der Waals surface area contributed by atoms with Crippen molar-refractivity contribution in [2.24, 2.45) is 4.99 Å². The van der Waals surface area contributed by atoms with Gasteiger partial charge in [-0.25, -0.2) is 0 Å². The maximum atomic E-state index is 10.9. The van der Waals surface area contributed by atoms with E-state index in [4.69, 9.17) is 4.74 Å². The monoisotopic (exact) mass is 242 g/mol. The van der Waals surface area contributed by atoms with Crippen molar-refractivity contribution in [3.05, 3.63) is 29.5 Å². The van der Waals surface area contributed by atoms with Gasteiger partial charge in [-0.05, 0) is 31.0 Å². The summed E-state index contributed by atoms with van der Waals surface area (Å²) in [7, 11) is 0. The molecular formula is C14H14N2O2. The van der Waals surface area contributed by atoms with Crippen LogP contribution in [0.5, 0.6) is 5.75 Å². The van der Waals surface area contributed by atoms with E-state index in [1.54, 1.807) is 0 Å². The molecule has 0 saturated carbocycles. The van der Waals surface area contributed by atoms with Crippen molar-refractivity contribution < 1.29 is 9.53 Å². The van der Waals surface area contributed by atoms with Crippen LogP contribution in [-0.4, -0.2) is 23.2 Å². The van der Waals surface area contributed by atoms with Gasteiger partial charge in [0.1, 0.15) is 5.75 Å². The third-order valence-corrected chi connectivity index (χ3v) is 3.21. The minimum absolute atomic E-state index is 0.302. The molecule has 0 bridgehead atoms. The van der Waals surface area contributed by atoms with Crippen molar-refractivity contribution in [1.29, 1.82) is 0 Å². The number of carbonyl (C=O) groups is 1. The van der Waals surface area contributed by atoms with Gasteiger partial charge in [0, 0.05) is 30.4 Å². The van der Waals surface area contributed by atoms with Gasteiger partial charge in [0.2, 0.25) is 0 Å². The van der Waals surface area contributed by atoms with Crippen molar-refractivity contribution in [2.75, 3.05) is 6.54 Å². The van der Waals surface area contributed by atoms with Crippen LogP contribution in [0.4, 0.5) is 0 Å². The van der Waals surface area contributed by atoms with Gasteiger partial charge in [-0.2, -0.15) is 0 Å². The number of aromatic nitrogens is 1. The highest BCUT2D eigenvalue weighted by molar-refractivity contribution is 6.05. The average Bonchev–Trinajstić information content (AvgIpc) is 2.67. The number of rotatable bonds is 1. The minimum atomic E-state index is -0.302.